The van der Waals surface area contributed by atoms with Gasteiger partial charge in [-0.1, -0.05) is 188 Å². The molecule has 0 saturated carbocycles. The highest BCUT2D eigenvalue weighted by atomic mass is 14.4. The Morgan fingerprint density at radius 1 is 0.276 bits per heavy atom. The van der Waals surface area contributed by atoms with E-state index in [1.807, 2.05) is 0 Å². The molecule has 0 aromatic heterocycles. The van der Waals surface area contributed by atoms with E-state index in [0.29, 0.717) is 0 Å². The Bertz CT molecular complexity index is 3390. The second-order valence-electron chi connectivity index (χ2n) is 16.1. The molecule has 0 radical (unpaired) electrons. The van der Waals surface area contributed by atoms with Crippen LogP contribution in [-0.2, 0) is 5.41 Å². The summed E-state index contributed by atoms with van der Waals surface area (Å²) in [5, 5.41) is 10.4. The predicted molar refractivity (Wildman–Crippen MR) is 247 cm³/mol. The maximum absolute atomic E-state index is 2.46. The van der Waals surface area contributed by atoms with Crippen molar-refractivity contribution in [2.75, 3.05) is 0 Å². The van der Waals surface area contributed by atoms with Crippen LogP contribution in [0.15, 0.2) is 212 Å². The minimum Gasteiger partial charge on any atom is -0.0622 e. The Morgan fingerprint density at radius 3 is 1.48 bits per heavy atom. The fourth-order valence-corrected chi connectivity index (χ4v) is 10.2. The number of fused-ring (bicyclic) bond motifs is 4. The highest BCUT2D eigenvalue weighted by Crippen LogP contribution is 2.53. The third kappa shape index (κ3) is 4.82. The molecule has 0 N–H and O–H groups in total. The van der Waals surface area contributed by atoms with E-state index in [1.165, 1.54) is 115 Å². The van der Waals surface area contributed by atoms with Crippen LogP contribution in [0.3, 0.4) is 0 Å². The smallest absolute Gasteiger partial charge is 0.0435 e. The molecule has 58 heavy (non-hydrogen) atoms. The first kappa shape index (κ1) is 32.9. The molecule has 0 nitrogen and oxygen atoms in total. The van der Waals surface area contributed by atoms with Crippen LogP contribution >= 0.6 is 0 Å². The van der Waals surface area contributed by atoms with Crippen molar-refractivity contribution in [3.63, 3.8) is 0 Å². The summed E-state index contributed by atoms with van der Waals surface area (Å²) in [6.45, 7) is 2.40. The zero-order chi connectivity index (χ0) is 38.4. The lowest BCUT2D eigenvalue weighted by atomic mass is 9.74. The van der Waals surface area contributed by atoms with Gasteiger partial charge in [0.15, 0.2) is 0 Å². The normalized spacial score (nSPS) is 14.7. The Morgan fingerprint density at radius 2 is 0.793 bits per heavy atom. The summed E-state index contributed by atoms with van der Waals surface area (Å²) in [6.07, 6.45) is 0. The molecular weight excluding hydrogens is 697 g/mol. The van der Waals surface area contributed by atoms with E-state index >= 15 is 0 Å². The second-order valence-corrected chi connectivity index (χ2v) is 16.1. The highest BCUT2D eigenvalue weighted by Gasteiger charge is 2.40. The molecule has 0 spiro atoms. The molecule has 0 bridgehead atoms. The number of hydrogen-bond donors (Lipinski definition) is 0. The molecule has 12 rings (SSSR count). The van der Waals surface area contributed by atoms with Crippen LogP contribution in [0.2, 0.25) is 0 Å². The molecule has 0 heteroatoms. The number of benzene rings is 11. The first-order valence-corrected chi connectivity index (χ1v) is 20.3. The Hall–Kier alpha value is -7.28. The van der Waals surface area contributed by atoms with Crippen LogP contribution in [-0.4, -0.2) is 0 Å². The molecule has 0 amide bonds. The molecule has 0 heterocycles. The van der Waals surface area contributed by atoms with E-state index in [-0.39, 0.29) is 5.41 Å². The molecule has 0 saturated heterocycles. The van der Waals surface area contributed by atoms with Gasteiger partial charge in [-0.15, -0.1) is 0 Å². The lowest BCUT2D eigenvalue weighted by Gasteiger charge is -2.28. The standard InChI is InChI=1S/C58H38/c1-58(45-17-6-3-7-18-45)54-22-11-10-21-50(54)53-35-40-23-24-43(34-44(40)36-55(53)58)47-20-9-8-19-46(47)41-15-12-16-42(33-41)49-30-26-39-27-31-51-48(37-13-4-2-5-14-37)29-25-38-28-32-52(49)57(39)56(38)51/h2-36H,1H3. The van der Waals surface area contributed by atoms with E-state index in [0.717, 1.165) is 0 Å². The molecular formula is C58H38. The summed E-state index contributed by atoms with van der Waals surface area (Å²) in [6, 6.07) is 79.1. The first-order chi connectivity index (χ1) is 28.6. The van der Waals surface area contributed by atoms with E-state index in [2.05, 4.69) is 219 Å². The van der Waals surface area contributed by atoms with Gasteiger partial charge in [-0.3, -0.25) is 0 Å². The van der Waals surface area contributed by atoms with Crippen LogP contribution in [0.25, 0.3) is 98.7 Å². The van der Waals surface area contributed by atoms with Crippen molar-refractivity contribution in [1.82, 2.24) is 0 Å². The van der Waals surface area contributed by atoms with E-state index in [1.54, 1.807) is 0 Å². The molecule has 1 unspecified atom stereocenters. The van der Waals surface area contributed by atoms with Gasteiger partial charge in [-0.25, -0.2) is 0 Å². The molecule has 11 aromatic carbocycles. The summed E-state index contributed by atoms with van der Waals surface area (Å²) < 4.78 is 0. The Balaban J connectivity index is 0.978. The average Bonchev–Trinajstić information content (AvgIpc) is 3.55. The summed E-state index contributed by atoms with van der Waals surface area (Å²) in [5.41, 5.74) is 16.4. The van der Waals surface area contributed by atoms with Crippen molar-refractivity contribution in [2.45, 2.75) is 12.3 Å². The van der Waals surface area contributed by atoms with Crippen LogP contribution in [0.1, 0.15) is 23.6 Å². The Kier molecular flexibility index (Phi) is 7.16. The summed E-state index contributed by atoms with van der Waals surface area (Å²) in [7, 11) is 0. The molecule has 1 aliphatic rings. The fourth-order valence-electron chi connectivity index (χ4n) is 10.2. The molecule has 270 valence electrons. The Labute approximate surface area is 338 Å². The third-order valence-corrected chi connectivity index (χ3v) is 13.1. The maximum atomic E-state index is 2.46. The van der Waals surface area contributed by atoms with Gasteiger partial charge < -0.3 is 0 Å². The van der Waals surface area contributed by atoms with Crippen molar-refractivity contribution in [3.8, 4) is 55.6 Å². The van der Waals surface area contributed by atoms with Crippen molar-refractivity contribution in [3.05, 3.63) is 229 Å². The van der Waals surface area contributed by atoms with Gasteiger partial charge in [0.2, 0.25) is 0 Å². The fraction of sp³-hybridized carbons (Fsp3) is 0.0345. The number of hydrogen-bond acceptors (Lipinski definition) is 0. The van der Waals surface area contributed by atoms with Gasteiger partial charge in [0.1, 0.15) is 0 Å². The summed E-state index contributed by atoms with van der Waals surface area (Å²) in [5.74, 6) is 0. The van der Waals surface area contributed by atoms with Crippen molar-refractivity contribution in [2.24, 2.45) is 0 Å². The third-order valence-electron chi connectivity index (χ3n) is 13.1. The van der Waals surface area contributed by atoms with Crippen molar-refractivity contribution < 1.29 is 0 Å². The topological polar surface area (TPSA) is 0 Å². The van der Waals surface area contributed by atoms with Gasteiger partial charge in [-0.05, 0) is 147 Å². The molecule has 0 aliphatic heterocycles. The van der Waals surface area contributed by atoms with Crippen LogP contribution < -0.4 is 0 Å². The maximum Gasteiger partial charge on any atom is 0.0435 e. The van der Waals surface area contributed by atoms with E-state index < -0.39 is 0 Å². The van der Waals surface area contributed by atoms with Gasteiger partial charge >= 0.3 is 0 Å². The molecule has 0 fully saturated rings. The van der Waals surface area contributed by atoms with Gasteiger partial charge in [-0.2, -0.15) is 0 Å². The predicted octanol–water partition coefficient (Wildman–Crippen LogP) is 15.7. The molecule has 11 aromatic rings. The molecule has 1 aliphatic carbocycles. The summed E-state index contributed by atoms with van der Waals surface area (Å²) >= 11 is 0. The first-order valence-electron chi connectivity index (χ1n) is 20.3. The number of rotatable bonds is 5. The quantitative estimate of drug-likeness (QED) is 0.154. The monoisotopic (exact) mass is 734 g/mol. The SMILES string of the molecule is CC1(c2ccccc2)c2ccccc2-c2cc3ccc(-c4ccccc4-c4cccc(-c5ccc6ccc7c(-c8ccccc8)ccc8ccc5c6c87)c4)cc3cc21. The lowest BCUT2D eigenvalue weighted by molar-refractivity contribution is 0.715. The van der Waals surface area contributed by atoms with E-state index in [9.17, 15) is 0 Å². The van der Waals surface area contributed by atoms with Crippen molar-refractivity contribution in [1.29, 1.82) is 0 Å². The summed E-state index contributed by atoms with van der Waals surface area (Å²) in [4.78, 5) is 0. The highest BCUT2D eigenvalue weighted by molar-refractivity contribution is 6.27. The van der Waals surface area contributed by atoms with Crippen LogP contribution in [0.4, 0.5) is 0 Å². The van der Waals surface area contributed by atoms with Gasteiger partial charge in [0.05, 0.1) is 0 Å². The van der Waals surface area contributed by atoms with Crippen molar-refractivity contribution >= 4 is 43.1 Å². The van der Waals surface area contributed by atoms with Crippen LogP contribution in [0, 0.1) is 0 Å². The largest absolute Gasteiger partial charge is 0.0622 e. The minimum atomic E-state index is -0.231. The zero-order valence-corrected chi connectivity index (χ0v) is 32.2. The zero-order valence-electron chi connectivity index (χ0n) is 32.2. The molecule has 1 atom stereocenters. The minimum absolute atomic E-state index is 0.231. The second kappa shape index (κ2) is 12.6. The van der Waals surface area contributed by atoms with Crippen LogP contribution in [0.5, 0.6) is 0 Å². The van der Waals surface area contributed by atoms with Gasteiger partial charge in [0.25, 0.3) is 0 Å². The average molecular weight is 735 g/mol. The van der Waals surface area contributed by atoms with Gasteiger partial charge in [0, 0.05) is 5.41 Å². The lowest BCUT2D eigenvalue weighted by Crippen LogP contribution is -2.22. The van der Waals surface area contributed by atoms with E-state index in [4.69, 9.17) is 0 Å².